The van der Waals surface area contributed by atoms with Gasteiger partial charge < -0.3 is 4.57 Å². The zero-order valence-corrected chi connectivity index (χ0v) is 17.0. The lowest BCUT2D eigenvalue weighted by molar-refractivity contribution is -0.137. The van der Waals surface area contributed by atoms with Crippen LogP contribution in [-0.2, 0) is 13.2 Å². The third-order valence-electron chi connectivity index (χ3n) is 4.39. The predicted octanol–water partition coefficient (Wildman–Crippen LogP) is 6.65. The number of ketones is 1. The molecule has 0 unspecified atom stereocenters. The molecule has 0 saturated carbocycles. The molecule has 8 heteroatoms. The van der Waals surface area contributed by atoms with Gasteiger partial charge in [-0.3, -0.25) is 4.79 Å². The molecule has 0 radical (unpaired) electrons. The fourth-order valence-electron chi connectivity index (χ4n) is 2.87. The number of halogens is 5. The van der Waals surface area contributed by atoms with Crippen LogP contribution in [0.3, 0.4) is 0 Å². The summed E-state index contributed by atoms with van der Waals surface area (Å²) in [6.45, 7) is 0. The zero-order valence-electron chi connectivity index (χ0n) is 15.5. The molecule has 2 aromatic carbocycles. The van der Waals surface area contributed by atoms with Crippen LogP contribution in [0, 0.1) is 11.3 Å². The van der Waals surface area contributed by atoms with E-state index in [2.05, 4.69) is 0 Å². The number of rotatable bonds is 4. The Morgan fingerprint density at radius 3 is 2.47 bits per heavy atom. The Morgan fingerprint density at radius 2 is 1.83 bits per heavy atom. The first-order valence-electron chi connectivity index (χ1n) is 8.55. The van der Waals surface area contributed by atoms with Gasteiger partial charge in [0.05, 0.1) is 22.2 Å². The summed E-state index contributed by atoms with van der Waals surface area (Å²) in [5, 5.41) is 10.1. The second-order valence-corrected chi connectivity index (χ2v) is 7.31. The van der Waals surface area contributed by atoms with Crippen molar-refractivity contribution in [3.63, 3.8) is 0 Å². The molecule has 1 heterocycles. The normalized spacial score (nSPS) is 12.0. The molecular weight excluding hydrogens is 436 g/mol. The van der Waals surface area contributed by atoms with Gasteiger partial charge in [0.2, 0.25) is 0 Å². The molecule has 30 heavy (non-hydrogen) atoms. The molecule has 0 aliphatic rings. The lowest BCUT2D eigenvalue weighted by Crippen LogP contribution is -2.05. The van der Waals surface area contributed by atoms with Crippen molar-refractivity contribution >= 4 is 40.6 Å². The van der Waals surface area contributed by atoms with Gasteiger partial charge in [0.1, 0.15) is 0 Å². The fourth-order valence-corrected chi connectivity index (χ4v) is 3.36. The van der Waals surface area contributed by atoms with E-state index in [1.807, 2.05) is 6.07 Å². The van der Waals surface area contributed by atoms with E-state index < -0.39 is 11.7 Å². The summed E-state index contributed by atoms with van der Waals surface area (Å²) in [5.74, 6) is -0.343. The number of carbonyl (C=O) groups excluding carboxylic acids is 1. The minimum atomic E-state index is -4.51. The molecule has 152 valence electrons. The highest BCUT2D eigenvalue weighted by atomic mass is 35.5. The molecule has 3 rings (SSSR count). The van der Waals surface area contributed by atoms with E-state index in [9.17, 15) is 23.2 Å². The van der Waals surface area contributed by atoms with Gasteiger partial charge in [0.25, 0.3) is 0 Å². The standard InChI is InChI=1S/C22H13Cl2F3N2O/c1-29-12-15(21(30)19-6-5-17(23)10-20(19)24)9-18(29)8-14(11-28)13-3-2-4-16(7-13)22(25,26)27/h2-10,12H,1H3. The minimum Gasteiger partial charge on any atom is -0.350 e. The van der Waals surface area contributed by atoms with Crippen molar-refractivity contribution in [3.05, 3.63) is 92.7 Å². The van der Waals surface area contributed by atoms with Gasteiger partial charge in [-0.15, -0.1) is 0 Å². The Bertz CT molecular complexity index is 1200. The topological polar surface area (TPSA) is 45.8 Å². The van der Waals surface area contributed by atoms with Crippen molar-refractivity contribution in [2.45, 2.75) is 6.18 Å². The molecule has 1 aromatic heterocycles. The molecule has 0 bridgehead atoms. The van der Waals surface area contributed by atoms with Crippen molar-refractivity contribution in [1.82, 2.24) is 4.57 Å². The summed E-state index contributed by atoms with van der Waals surface area (Å²) < 4.78 is 40.5. The molecule has 0 aliphatic carbocycles. The Labute approximate surface area is 180 Å². The first kappa shape index (κ1) is 21.7. The second kappa shape index (κ2) is 8.39. The third kappa shape index (κ3) is 4.59. The molecular formula is C22H13Cl2F3N2O. The van der Waals surface area contributed by atoms with Crippen molar-refractivity contribution in [3.8, 4) is 6.07 Å². The number of carbonyl (C=O) groups is 1. The predicted molar refractivity (Wildman–Crippen MR) is 110 cm³/mol. The molecule has 0 aliphatic heterocycles. The summed E-state index contributed by atoms with van der Waals surface area (Å²) in [6, 6.07) is 12.5. The number of nitriles is 1. The van der Waals surface area contributed by atoms with Crippen LogP contribution in [-0.4, -0.2) is 10.4 Å². The van der Waals surface area contributed by atoms with Crippen LogP contribution in [0.4, 0.5) is 13.2 Å². The van der Waals surface area contributed by atoms with E-state index in [1.165, 1.54) is 36.4 Å². The Kier molecular flexibility index (Phi) is 6.06. The van der Waals surface area contributed by atoms with Crippen LogP contribution in [0.5, 0.6) is 0 Å². The number of benzene rings is 2. The van der Waals surface area contributed by atoms with Gasteiger partial charge in [-0.1, -0.05) is 35.3 Å². The van der Waals surface area contributed by atoms with Crippen molar-refractivity contribution in [2.75, 3.05) is 0 Å². The van der Waals surface area contributed by atoms with E-state index in [0.29, 0.717) is 16.3 Å². The smallest absolute Gasteiger partial charge is 0.350 e. The number of hydrogen-bond donors (Lipinski definition) is 0. The van der Waals surface area contributed by atoms with Gasteiger partial charge in [0.15, 0.2) is 5.78 Å². The summed E-state index contributed by atoms with van der Waals surface area (Å²) in [4.78, 5) is 12.8. The SMILES string of the molecule is Cn1cc(C(=O)c2ccc(Cl)cc2Cl)cc1C=C(C#N)c1cccc(C(F)(F)F)c1. The quantitative estimate of drug-likeness (QED) is 0.331. The molecule has 0 N–H and O–H groups in total. The van der Waals surface area contributed by atoms with Crippen molar-refractivity contribution in [1.29, 1.82) is 5.26 Å². The van der Waals surface area contributed by atoms with Crippen LogP contribution in [0.25, 0.3) is 11.6 Å². The number of allylic oxidation sites excluding steroid dienone is 1. The monoisotopic (exact) mass is 448 g/mol. The lowest BCUT2D eigenvalue weighted by atomic mass is 10.0. The van der Waals surface area contributed by atoms with Crippen LogP contribution in [0.2, 0.25) is 10.0 Å². The van der Waals surface area contributed by atoms with E-state index in [-0.39, 0.29) is 27.5 Å². The first-order valence-corrected chi connectivity index (χ1v) is 9.31. The number of hydrogen-bond acceptors (Lipinski definition) is 2. The van der Waals surface area contributed by atoms with Crippen LogP contribution in [0.15, 0.2) is 54.7 Å². The molecule has 0 atom stereocenters. The van der Waals surface area contributed by atoms with E-state index >= 15 is 0 Å². The van der Waals surface area contributed by atoms with Gasteiger partial charge in [-0.25, -0.2) is 0 Å². The van der Waals surface area contributed by atoms with Gasteiger partial charge >= 0.3 is 6.18 Å². The maximum Gasteiger partial charge on any atom is 0.416 e. The Hall–Kier alpha value is -3.01. The van der Waals surface area contributed by atoms with Crippen molar-refractivity contribution < 1.29 is 18.0 Å². The first-order chi connectivity index (χ1) is 14.1. The highest BCUT2D eigenvalue weighted by molar-refractivity contribution is 6.37. The highest BCUT2D eigenvalue weighted by Crippen LogP contribution is 2.31. The number of aryl methyl sites for hydroxylation is 1. The average Bonchev–Trinajstić information content (AvgIpc) is 3.05. The van der Waals surface area contributed by atoms with Crippen LogP contribution in [0.1, 0.15) is 32.7 Å². The van der Waals surface area contributed by atoms with Crippen molar-refractivity contribution in [2.24, 2.45) is 7.05 Å². The highest BCUT2D eigenvalue weighted by Gasteiger charge is 2.30. The third-order valence-corrected chi connectivity index (χ3v) is 4.94. The average molecular weight is 449 g/mol. The summed E-state index contributed by atoms with van der Waals surface area (Å²) >= 11 is 12.0. The van der Waals surface area contributed by atoms with E-state index in [4.69, 9.17) is 23.2 Å². The zero-order chi connectivity index (χ0) is 22.1. The van der Waals surface area contributed by atoms with Gasteiger partial charge in [0, 0.05) is 35.1 Å². The molecule has 0 amide bonds. The largest absolute Gasteiger partial charge is 0.416 e. The molecule has 0 saturated heterocycles. The van der Waals surface area contributed by atoms with E-state index in [1.54, 1.807) is 23.9 Å². The summed E-state index contributed by atoms with van der Waals surface area (Å²) in [6.07, 6.45) is -1.53. The Morgan fingerprint density at radius 1 is 1.10 bits per heavy atom. The molecule has 3 aromatic rings. The summed E-state index contributed by atoms with van der Waals surface area (Å²) in [7, 11) is 1.66. The number of nitrogens with zero attached hydrogens (tertiary/aromatic N) is 2. The number of alkyl halides is 3. The minimum absolute atomic E-state index is 0.0332. The fraction of sp³-hybridized carbons (Fsp3) is 0.0909. The van der Waals surface area contributed by atoms with Crippen LogP contribution >= 0.6 is 23.2 Å². The lowest BCUT2D eigenvalue weighted by Gasteiger charge is -2.08. The maximum atomic E-state index is 13.0. The van der Waals surface area contributed by atoms with Gasteiger partial charge in [-0.05, 0) is 48.0 Å². The molecule has 0 fully saturated rings. The second-order valence-electron chi connectivity index (χ2n) is 6.47. The Balaban J connectivity index is 1.99. The maximum absolute atomic E-state index is 13.0. The summed E-state index contributed by atoms with van der Waals surface area (Å²) in [5.41, 5.74) is 0.363. The number of aromatic nitrogens is 1. The molecule has 0 spiro atoms. The van der Waals surface area contributed by atoms with E-state index in [0.717, 1.165) is 12.1 Å². The van der Waals surface area contributed by atoms with Crippen LogP contribution < -0.4 is 0 Å². The molecule has 3 nitrogen and oxygen atoms in total. The van der Waals surface area contributed by atoms with Gasteiger partial charge in [-0.2, -0.15) is 18.4 Å².